The van der Waals surface area contributed by atoms with Crippen LogP contribution in [0, 0.1) is 0 Å². The summed E-state index contributed by atoms with van der Waals surface area (Å²) in [7, 11) is 3.43. The number of ether oxygens (including phenoxy) is 2. The lowest BCUT2D eigenvalue weighted by Gasteiger charge is -2.29. The number of rotatable bonds is 8. The van der Waals surface area contributed by atoms with Crippen molar-refractivity contribution in [3.63, 3.8) is 0 Å². The summed E-state index contributed by atoms with van der Waals surface area (Å²) in [4.78, 5) is 4.66. The number of fused-ring (bicyclic) bond motifs is 2. The lowest BCUT2D eigenvalue weighted by Crippen LogP contribution is -2.11. The molecule has 4 nitrogen and oxygen atoms in total. The Morgan fingerprint density at radius 1 is 0.320 bits per heavy atom. The maximum Gasteiger partial charge on any atom is 0.120 e. The Morgan fingerprint density at radius 3 is 1.10 bits per heavy atom. The highest BCUT2D eigenvalue weighted by Gasteiger charge is 2.22. The van der Waals surface area contributed by atoms with Crippen molar-refractivity contribution in [1.82, 2.24) is 0 Å². The van der Waals surface area contributed by atoms with E-state index in [-0.39, 0.29) is 0 Å². The zero-order chi connectivity index (χ0) is 33.6. The summed E-state index contributed by atoms with van der Waals surface area (Å²) in [6.07, 6.45) is 0. The molecule has 4 heteroatoms. The monoisotopic (exact) mass is 646 g/mol. The van der Waals surface area contributed by atoms with Gasteiger partial charge in [-0.1, -0.05) is 97.1 Å². The number of hydrogen-bond donors (Lipinski definition) is 0. The minimum atomic E-state index is 0.820. The lowest BCUT2D eigenvalue weighted by atomic mass is 9.88. The van der Waals surface area contributed by atoms with Crippen molar-refractivity contribution >= 4 is 77.2 Å². The summed E-state index contributed by atoms with van der Waals surface area (Å²) in [5.41, 5.74) is 6.48. The lowest BCUT2D eigenvalue weighted by molar-refractivity contribution is 0.415. The Bertz CT molecular complexity index is 2430. The van der Waals surface area contributed by atoms with E-state index in [1.807, 2.05) is 24.3 Å². The smallest absolute Gasteiger partial charge is 0.120 e. The first-order valence-corrected chi connectivity index (χ1v) is 16.8. The van der Waals surface area contributed by atoms with Crippen LogP contribution in [0.15, 0.2) is 170 Å². The highest BCUT2D eigenvalue weighted by Crippen LogP contribution is 2.49. The third-order valence-corrected chi connectivity index (χ3v) is 9.75. The summed E-state index contributed by atoms with van der Waals surface area (Å²) in [5.74, 6) is 1.64. The fourth-order valence-electron chi connectivity index (χ4n) is 7.58. The van der Waals surface area contributed by atoms with Crippen molar-refractivity contribution in [1.29, 1.82) is 0 Å². The molecule has 0 heterocycles. The van der Waals surface area contributed by atoms with Crippen molar-refractivity contribution in [2.45, 2.75) is 0 Å². The first-order valence-electron chi connectivity index (χ1n) is 16.8. The van der Waals surface area contributed by atoms with Crippen LogP contribution in [0.25, 0.3) is 43.1 Å². The molecule has 9 aromatic rings. The van der Waals surface area contributed by atoms with Gasteiger partial charge in [0.15, 0.2) is 0 Å². The summed E-state index contributed by atoms with van der Waals surface area (Å²) in [6.45, 7) is 0. The van der Waals surface area contributed by atoms with Crippen molar-refractivity contribution in [3.05, 3.63) is 170 Å². The summed E-state index contributed by atoms with van der Waals surface area (Å²) in [5, 5.41) is 9.86. The number of hydrogen-bond acceptors (Lipinski definition) is 4. The number of para-hydroxylation sites is 2. The van der Waals surface area contributed by atoms with E-state index in [1.54, 1.807) is 14.2 Å². The molecule has 0 unspecified atom stereocenters. The largest absolute Gasteiger partial charge is 0.497 e. The third kappa shape index (κ3) is 4.76. The molecule has 0 bridgehead atoms. The van der Waals surface area contributed by atoms with Crippen LogP contribution in [0.4, 0.5) is 34.1 Å². The van der Waals surface area contributed by atoms with Crippen molar-refractivity contribution in [2.24, 2.45) is 0 Å². The van der Waals surface area contributed by atoms with E-state index >= 15 is 0 Å². The average Bonchev–Trinajstić information content (AvgIpc) is 3.19. The molecule has 240 valence electrons. The second kappa shape index (κ2) is 12.2. The molecule has 0 atom stereocenters. The molecule has 0 fully saturated rings. The molecule has 0 aliphatic rings. The molecule has 50 heavy (non-hydrogen) atoms. The van der Waals surface area contributed by atoms with Crippen LogP contribution in [-0.4, -0.2) is 14.2 Å². The van der Waals surface area contributed by atoms with Gasteiger partial charge in [-0.3, -0.25) is 0 Å². The van der Waals surface area contributed by atoms with Gasteiger partial charge in [0, 0.05) is 45.7 Å². The molecule has 0 aromatic heterocycles. The summed E-state index contributed by atoms with van der Waals surface area (Å²) < 4.78 is 11.3. The SMILES string of the molecule is COc1cccc(N(c2ccccc2)c2ccc3c4ccc(N(c5ccccc5)c5cccc(OC)c5)c5cccc(c6cccc2c63)c54)c1. The average molecular weight is 647 g/mol. The van der Waals surface area contributed by atoms with E-state index in [1.165, 1.54) is 43.1 Å². The molecule has 0 saturated carbocycles. The molecule has 0 amide bonds. The van der Waals surface area contributed by atoms with Crippen molar-refractivity contribution in [2.75, 3.05) is 24.0 Å². The Balaban J connectivity index is 1.32. The number of methoxy groups -OCH3 is 2. The zero-order valence-corrected chi connectivity index (χ0v) is 27.9. The van der Waals surface area contributed by atoms with Crippen molar-refractivity contribution in [3.8, 4) is 11.5 Å². The standard InChI is InChI=1S/C46H34N2O2/c1-49-35-19-9-17-33(29-35)47(31-13-5-3-6-14-31)43-27-25-39-40-26-28-44(42-24-12-22-38(46(40)42)37-21-11-23-41(43)45(37)39)48(32-15-7-4-8-16-32)34-18-10-20-36(30-34)50-2/h3-30H,1-2H3. The molecular formula is C46H34N2O2. The fraction of sp³-hybridized carbons (Fsp3) is 0.0435. The third-order valence-electron chi connectivity index (χ3n) is 9.75. The Hall–Kier alpha value is -6.52. The molecule has 0 spiro atoms. The van der Waals surface area contributed by atoms with E-state index in [0.29, 0.717) is 0 Å². The van der Waals surface area contributed by atoms with Crippen LogP contribution < -0.4 is 19.3 Å². The van der Waals surface area contributed by atoms with Gasteiger partial charge in [-0.2, -0.15) is 0 Å². The first kappa shape index (κ1) is 29.6. The van der Waals surface area contributed by atoms with Gasteiger partial charge in [0.25, 0.3) is 0 Å². The highest BCUT2D eigenvalue weighted by molar-refractivity contribution is 6.35. The molecule has 0 radical (unpaired) electrons. The second-order valence-corrected chi connectivity index (χ2v) is 12.5. The quantitative estimate of drug-likeness (QED) is 0.121. The van der Waals surface area contributed by atoms with E-state index < -0.39 is 0 Å². The predicted molar refractivity (Wildman–Crippen MR) is 210 cm³/mol. The normalized spacial score (nSPS) is 11.4. The molecule has 0 N–H and O–H groups in total. The zero-order valence-electron chi connectivity index (χ0n) is 27.9. The Kier molecular flexibility index (Phi) is 7.21. The van der Waals surface area contributed by atoms with Crippen LogP contribution in [0.5, 0.6) is 11.5 Å². The van der Waals surface area contributed by atoms with Crippen LogP contribution >= 0.6 is 0 Å². The van der Waals surface area contributed by atoms with Crippen LogP contribution in [0.2, 0.25) is 0 Å². The highest BCUT2D eigenvalue weighted by atomic mass is 16.5. The van der Waals surface area contributed by atoms with Crippen LogP contribution in [-0.2, 0) is 0 Å². The van der Waals surface area contributed by atoms with E-state index in [4.69, 9.17) is 9.47 Å². The van der Waals surface area contributed by atoms with Gasteiger partial charge < -0.3 is 19.3 Å². The minimum absolute atomic E-state index is 0.820. The number of anilines is 6. The molecule has 9 rings (SSSR count). The molecule has 9 aromatic carbocycles. The van der Waals surface area contributed by atoms with Gasteiger partial charge in [-0.05, 0) is 93.0 Å². The van der Waals surface area contributed by atoms with Crippen molar-refractivity contribution < 1.29 is 9.47 Å². The fourth-order valence-corrected chi connectivity index (χ4v) is 7.58. The maximum atomic E-state index is 5.66. The topological polar surface area (TPSA) is 24.9 Å². The molecule has 0 aliphatic carbocycles. The first-order chi connectivity index (χ1) is 24.7. The summed E-state index contributed by atoms with van der Waals surface area (Å²) in [6, 6.07) is 60.3. The van der Waals surface area contributed by atoms with E-state index in [2.05, 4.69) is 155 Å². The molecule has 0 saturated heterocycles. The van der Waals surface area contributed by atoms with Gasteiger partial charge in [0.05, 0.1) is 25.6 Å². The Labute approximate surface area is 291 Å². The molecule has 0 aliphatic heterocycles. The van der Waals surface area contributed by atoms with Crippen LogP contribution in [0.1, 0.15) is 0 Å². The van der Waals surface area contributed by atoms with Gasteiger partial charge in [0.2, 0.25) is 0 Å². The minimum Gasteiger partial charge on any atom is -0.497 e. The Morgan fingerprint density at radius 2 is 0.680 bits per heavy atom. The van der Waals surface area contributed by atoms with Gasteiger partial charge >= 0.3 is 0 Å². The number of nitrogens with zero attached hydrogens (tertiary/aromatic N) is 2. The second-order valence-electron chi connectivity index (χ2n) is 12.5. The van der Waals surface area contributed by atoms with Gasteiger partial charge in [-0.15, -0.1) is 0 Å². The molecular weight excluding hydrogens is 613 g/mol. The van der Waals surface area contributed by atoms with E-state index in [0.717, 1.165) is 45.6 Å². The number of benzene rings is 9. The van der Waals surface area contributed by atoms with Gasteiger partial charge in [0.1, 0.15) is 11.5 Å². The van der Waals surface area contributed by atoms with E-state index in [9.17, 15) is 0 Å². The van der Waals surface area contributed by atoms with Gasteiger partial charge in [-0.25, -0.2) is 0 Å². The summed E-state index contributed by atoms with van der Waals surface area (Å²) >= 11 is 0. The maximum absolute atomic E-state index is 5.66. The predicted octanol–water partition coefficient (Wildman–Crippen LogP) is 12.7. The van der Waals surface area contributed by atoms with Crippen LogP contribution in [0.3, 0.4) is 0 Å².